The fourth-order valence-electron chi connectivity index (χ4n) is 3.73. The molecule has 0 aromatic carbocycles. The van der Waals surface area contributed by atoms with Gasteiger partial charge < -0.3 is 9.84 Å². The Morgan fingerprint density at radius 1 is 1.13 bits per heavy atom. The second-order valence-corrected chi connectivity index (χ2v) is 7.34. The van der Waals surface area contributed by atoms with Crippen LogP contribution in [0.2, 0.25) is 0 Å². The number of fused-ring (bicyclic) bond motifs is 2. The van der Waals surface area contributed by atoms with Gasteiger partial charge in [-0.25, -0.2) is 9.78 Å². The Balaban J connectivity index is 1.62. The average Bonchev–Trinajstić information content (AvgIpc) is 3.11. The second-order valence-electron chi connectivity index (χ2n) is 7.34. The fraction of sp³-hybridized carbons (Fsp3) is 0.882. The van der Waals surface area contributed by atoms with Crippen molar-refractivity contribution < 1.29 is 29.2 Å². The van der Waals surface area contributed by atoms with Crippen molar-refractivity contribution in [3.8, 4) is 0 Å². The van der Waals surface area contributed by atoms with E-state index in [0.717, 1.165) is 19.3 Å². The molecule has 0 radical (unpaired) electrons. The van der Waals surface area contributed by atoms with E-state index in [4.69, 9.17) is 14.5 Å². The quantitative estimate of drug-likeness (QED) is 0.303. The van der Waals surface area contributed by atoms with E-state index in [-0.39, 0.29) is 31.0 Å². The number of rotatable bonds is 9. The first-order valence-electron chi connectivity index (χ1n) is 8.51. The van der Waals surface area contributed by atoms with Crippen molar-refractivity contribution in [1.29, 1.82) is 0 Å². The monoisotopic (exact) mass is 328 g/mol. The maximum atomic E-state index is 11.8. The highest BCUT2D eigenvalue weighted by Gasteiger charge is 2.51. The minimum absolute atomic E-state index is 0.0350. The minimum atomic E-state index is -0.721. The molecule has 2 saturated carbocycles. The molecule has 1 N–H and O–H groups in total. The van der Waals surface area contributed by atoms with Crippen LogP contribution in [0.15, 0.2) is 0 Å². The summed E-state index contributed by atoms with van der Waals surface area (Å²) in [4.78, 5) is 33.4. The summed E-state index contributed by atoms with van der Waals surface area (Å²) in [6.07, 6.45) is 3.81. The van der Waals surface area contributed by atoms with Gasteiger partial charge in [-0.3, -0.25) is 9.59 Å². The molecule has 6 heteroatoms. The summed E-state index contributed by atoms with van der Waals surface area (Å²) in [6.45, 7) is 6.22. The Bertz CT molecular complexity index is 433. The molecule has 0 aromatic rings. The molecule has 132 valence electrons. The van der Waals surface area contributed by atoms with E-state index in [1.165, 1.54) is 0 Å². The number of esters is 1. The highest BCUT2D eigenvalue weighted by molar-refractivity contribution is 5.75. The van der Waals surface area contributed by atoms with Crippen molar-refractivity contribution in [3.63, 3.8) is 0 Å². The van der Waals surface area contributed by atoms with Crippen LogP contribution in [0.1, 0.15) is 46.5 Å². The fourth-order valence-corrected chi connectivity index (χ4v) is 3.73. The molecule has 0 spiro atoms. The highest BCUT2D eigenvalue weighted by Crippen LogP contribution is 2.52. The number of hydrogen-bond acceptors (Lipinski definition) is 5. The molecule has 0 heterocycles. The summed E-state index contributed by atoms with van der Waals surface area (Å²) < 4.78 is 5.14. The van der Waals surface area contributed by atoms with Crippen LogP contribution < -0.4 is 0 Å². The second kappa shape index (κ2) is 7.62. The van der Waals surface area contributed by atoms with E-state index in [2.05, 4.69) is 0 Å². The maximum Gasteiger partial charge on any atom is 0.311 e. The molecular formula is C17H28O6. The van der Waals surface area contributed by atoms with E-state index >= 15 is 0 Å². The van der Waals surface area contributed by atoms with Gasteiger partial charge in [-0.1, -0.05) is 6.92 Å². The molecule has 6 nitrogen and oxygen atoms in total. The first-order chi connectivity index (χ1) is 10.9. The number of carboxylic acid groups (broad SMARTS) is 1. The van der Waals surface area contributed by atoms with Gasteiger partial charge >= 0.3 is 11.9 Å². The van der Waals surface area contributed by atoms with E-state index in [0.29, 0.717) is 24.9 Å². The lowest BCUT2D eigenvalue weighted by Crippen LogP contribution is -2.32. The molecule has 4 atom stereocenters. The van der Waals surface area contributed by atoms with Crippen LogP contribution in [0.25, 0.3) is 0 Å². The smallest absolute Gasteiger partial charge is 0.311 e. The lowest BCUT2D eigenvalue weighted by molar-refractivity contribution is -0.308. The Labute approximate surface area is 137 Å². The summed E-state index contributed by atoms with van der Waals surface area (Å²) in [5.74, 6) is -0.506. The third-order valence-electron chi connectivity index (χ3n) is 5.55. The van der Waals surface area contributed by atoms with E-state index in [1.807, 2.05) is 20.8 Å². The Morgan fingerprint density at radius 3 is 2.48 bits per heavy atom. The van der Waals surface area contributed by atoms with Crippen LogP contribution in [-0.4, -0.2) is 36.9 Å². The zero-order valence-corrected chi connectivity index (χ0v) is 14.2. The SMILES string of the molecule is CCC(C)(C)C(=O)OCCOOCC1C2CCC(C2)C1C(=O)O. The standard InChI is InChI=1S/C17H28O6/c1-4-17(2,3)16(20)21-7-8-22-23-10-13-11-5-6-12(9-11)14(13)15(18)19/h11-14H,4-10H2,1-3H3,(H,18,19). The number of carboxylic acids is 1. The van der Waals surface area contributed by atoms with Crippen molar-refractivity contribution >= 4 is 11.9 Å². The van der Waals surface area contributed by atoms with Gasteiger partial charge in [0.15, 0.2) is 0 Å². The lowest BCUT2D eigenvalue weighted by atomic mass is 9.80. The predicted octanol–water partition coefficient (Wildman–Crippen LogP) is 2.66. The molecule has 0 amide bonds. The van der Waals surface area contributed by atoms with Crippen molar-refractivity contribution in [1.82, 2.24) is 0 Å². The summed E-state index contributed by atoms with van der Waals surface area (Å²) in [7, 11) is 0. The molecule has 0 aliphatic heterocycles. The first kappa shape index (κ1) is 18.2. The highest BCUT2D eigenvalue weighted by atomic mass is 17.2. The molecule has 23 heavy (non-hydrogen) atoms. The van der Waals surface area contributed by atoms with Gasteiger partial charge in [-0.2, -0.15) is 0 Å². The molecule has 4 unspecified atom stereocenters. The molecule has 0 saturated heterocycles. The van der Waals surface area contributed by atoms with Gasteiger partial charge in [0.05, 0.1) is 17.9 Å². The number of ether oxygens (including phenoxy) is 1. The third-order valence-corrected chi connectivity index (χ3v) is 5.55. The zero-order valence-electron chi connectivity index (χ0n) is 14.2. The Kier molecular flexibility index (Phi) is 6.03. The van der Waals surface area contributed by atoms with E-state index in [9.17, 15) is 14.7 Å². The van der Waals surface area contributed by atoms with Gasteiger partial charge in [-0.15, -0.1) is 0 Å². The van der Waals surface area contributed by atoms with Gasteiger partial charge in [-0.05, 0) is 51.4 Å². The lowest BCUT2D eigenvalue weighted by Gasteiger charge is -2.27. The van der Waals surface area contributed by atoms with E-state index < -0.39 is 11.4 Å². The van der Waals surface area contributed by atoms with Crippen LogP contribution in [0.3, 0.4) is 0 Å². The third kappa shape index (κ3) is 4.23. The van der Waals surface area contributed by atoms with Crippen molar-refractivity contribution in [2.24, 2.45) is 29.1 Å². The summed E-state index contributed by atoms with van der Waals surface area (Å²) in [5.41, 5.74) is -0.487. The number of carbonyl (C=O) groups excluding carboxylic acids is 1. The Hall–Kier alpha value is -1.14. The van der Waals surface area contributed by atoms with Gasteiger partial charge in [0.1, 0.15) is 13.2 Å². The Morgan fingerprint density at radius 2 is 1.83 bits per heavy atom. The van der Waals surface area contributed by atoms with Gasteiger partial charge in [0.25, 0.3) is 0 Å². The number of carbonyl (C=O) groups is 2. The normalized spacial score (nSPS) is 29.7. The number of aliphatic carboxylic acids is 1. The van der Waals surface area contributed by atoms with Crippen LogP contribution in [0, 0.1) is 29.1 Å². The minimum Gasteiger partial charge on any atom is -0.481 e. The molecule has 2 fully saturated rings. The molecule has 0 aromatic heterocycles. The topological polar surface area (TPSA) is 82.1 Å². The molecular weight excluding hydrogens is 300 g/mol. The van der Waals surface area contributed by atoms with E-state index in [1.54, 1.807) is 0 Å². The maximum absolute atomic E-state index is 11.8. The van der Waals surface area contributed by atoms with Crippen LogP contribution in [-0.2, 0) is 24.1 Å². The van der Waals surface area contributed by atoms with Crippen LogP contribution in [0.4, 0.5) is 0 Å². The first-order valence-corrected chi connectivity index (χ1v) is 8.51. The summed E-state index contributed by atoms with van der Waals surface area (Å²) >= 11 is 0. The van der Waals surface area contributed by atoms with Crippen molar-refractivity contribution in [3.05, 3.63) is 0 Å². The van der Waals surface area contributed by atoms with Crippen LogP contribution >= 0.6 is 0 Å². The zero-order chi connectivity index (χ0) is 17.0. The average molecular weight is 328 g/mol. The molecule has 2 rings (SSSR count). The summed E-state index contributed by atoms with van der Waals surface area (Å²) in [5, 5.41) is 9.35. The largest absolute Gasteiger partial charge is 0.481 e. The summed E-state index contributed by atoms with van der Waals surface area (Å²) in [6, 6.07) is 0. The van der Waals surface area contributed by atoms with Crippen LogP contribution in [0.5, 0.6) is 0 Å². The van der Waals surface area contributed by atoms with Gasteiger partial charge in [0, 0.05) is 5.92 Å². The van der Waals surface area contributed by atoms with Crippen molar-refractivity contribution in [2.45, 2.75) is 46.5 Å². The number of hydrogen-bond donors (Lipinski definition) is 1. The molecule has 2 bridgehead atoms. The van der Waals surface area contributed by atoms with Crippen molar-refractivity contribution in [2.75, 3.05) is 19.8 Å². The molecule has 2 aliphatic carbocycles. The predicted molar refractivity (Wildman–Crippen MR) is 82.4 cm³/mol. The van der Waals surface area contributed by atoms with Gasteiger partial charge in [0.2, 0.25) is 0 Å². The molecule has 2 aliphatic rings.